The third kappa shape index (κ3) is 1.99. The number of hydrogen-bond acceptors (Lipinski definition) is 4. The van der Waals surface area contributed by atoms with Gasteiger partial charge in [0, 0.05) is 30.3 Å². The van der Waals surface area contributed by atoms with Crippen LogP contribution < -0.4 is 11.3 Å². The highest BCUT2D eigenvalue weighted by atomic mass is 16.5. The summed E-state index contributed by atoms with van der Waals surface area (Å²) in [5.74, 6) is 6.16. The van der Waals surface area contributed by atoms with Crippen LogP contribution in [0.4, 0.5) is 0 Å². The first-order valence-electron chi connectivity index (χ1n) is 6.26. The predicted molar refractivity (Wildman–Crippen MR) is 70.7 cm³/mol. The maximum atomic E-state index is 5.74. The lowest BCUT2D eigenvalue weighted by Gasteiger charge is -2.22. The molecule has 0 saturated carbocycles. The third-order valence-electron chi connectivity index (χ3n) is 3.65. The number of pyridine rings is 1. The van der Waals surface area contributed by atoms with Crippen molar-refractivity contribution in [1.29, 1.82) is 0 Å². The van der Waals surface area contributed by atoms with Crippen LogP contribution in [0, 0.1) is 5.92 Å². The molecular weight excluding hydrogens is 226 g/mol. The SMILES string of the molecule is NNC(c1cncc2ccccc12)C1CCOC1. The number of benzene rings is 1. The van der Waals surface area contributed by atoms with Gasteiger partial charge < -0.3 is 4.74 Å². The topological polar surface area (TPSA) is 60.2 Å². The molecule has 2 atom stereocenters. The van der Waals surface area contributed by atoms with Gasteiger partial charge in [-0.05, 0) is 17.4 Å². The fourth-order valence-electron chi connectivity index (χ4n) is 2.68. The molecule has 0 spiro atoms. The van der Waals surface area contributed by atoms with Gasteiger partial charge in [0.15, 0.2) is 0 Å². The lowest BCUT2D eigenvalue weighted by Crippen LogP contribution is -2.34. The fourth-order valence-corrected chi connectivity index (χ4v) is 2.68. The Morgan fingerprint density at radius 3 is 3.00 bits per heavy atom. The van der Waals surface area contributed by atoms with Crippen LogP contribution in [0.5, 0.6) is 0 Å². The van der Waals surface area contributed by atoms with Gasteiger partial charge in [-0.15, -0.1) is 0 Å². The highest BCUT2D eigenvalue weighted by Gasteiger charge is 2.27. The summed E-state index contributed by atoms with van der Waals surface area (Å²) in [5.41, 5.74) is 4.09. The Morgan fingerprint density at radius 2 is 2.22 bits per heavy atom. The molecule has 2 aromatic rings. The van der Waals surface area contributed by atoms with Gasteiger partial charge in [0.25, 0.3) is 0 Å². The lowest BCUT2D eigenvalue weighted by molar-refractivity contribution is 0.177. The summed E-state index contributed by atoms with van der Waals surface area (Å²) >= 11 is 0. The standard InChI is InChI=1S/C14H17N3O/c15-17-14(11-5-6-18-9-11)13-8-16-7-10-3-1-2-4-12(10)13/h1-4,7-8,11,14,17H,5-6,9,15H2. The Labute approximate surface area is 106 Å². The van der Waals surface area contributed by atoms with Crippen molar-refractivity contribution >= 4 is 10.8 Å². The maximum Gasteiger partial charge on any atom is 0.0532 e. The highest BCUT2D eigenvalue weighted by molar-refractivity contribution is 5.85. The zero-order valence-corrected chi connectivity index (χ0v) is 10.2. The van der Waals surface area contributed by atoms with E-state index in [0.29, 0.717) is 5.92 Å². The summed E-state index contributed by atoms with van der Waals surface area (Å²) in [5, 5.41) is 2.36. The number of hydrazine groups is 1. The van der Waals surface area contributed by atoms with Crippen molar-refractivity contribution in [2.75, 3.05) is 13.2 Å². The number of aromatic nitrogens is 1. The van der Waals surface area contributed by atoms with E-state index >= 15 is 0 Å². The molecule has 1 aliphatic rings. The second-order valence-electron chi connectivity index (χ2n) is 4.72. The molecule has 0 radical (unpaired) electrons. The van der Waals surface area contributed by atoms with Crippen molar-refractivity contribution in [3.05, 3.63) is 42.2 Å². The molecule has 1 fully saturated rings. The molecule has 0 bridgehead atoms. The van der Waals surface area contributed by atoms with Gasteiger partial charge in [0.2, 0.25) is 0 Å². The van der Waals surface area contributed by atoms with Crippen LogP contribution in [0.3, 0.4) is 0 Å². The number of rotatable bonds is 3. The quantitative estimate of drug-likeness (QED) is 0.637. The minimum absolute atomic E-state index is 0.103. The Hall–Kier alpha value is -1.49. The monoisotopic (exact) mass is 243 g/mol. The molecule has 1 aliphatic heterocycles. The minimum atomic E-state index is 0.103. The lowest BCUT2D eigenvalue weighted by atomic mass is 9.91. The highest BCUT2D eigenvalue weighted by Crippen LogP contribution is 2.31. The smallest absolute Gasteiger partial charge is 0.0532 e. The minimum Gasteiger partial charge on any atom is -0.381 e. The molecule has 2 unspecified atom stereocenters. The summed E-state index contributed by atoms with van der Waals surface area (Å²) in [7, 11) is 0. The predicted octanol–water partition coefficient (Wildman–Crippen LogP) is 1.78. The van der Waals surface area contributed by atoms with E-state index in [0.717, 1.165) is 30.6 Å². The molecule has 1 aromatic heterocycles. The molecule has 4 heteroatoms. The van der Waals surface area contributed by atoms with Gasteiger partial charge in [0.05, 0.1) is 12.6 Å². The van der Waals surface area contributed by atoms with Crippen LogP contribution in [0.25, 0.3) is 10.8 Å². The van der Waals surface area contributed by atoms with Crippen molar-refractivity contribution in [3.8, 4) is 0 Å². The first-order chi connectivity index (χ1) is 8.90. The first-order valence-corrected chi connectivity index (χ1v) is 6.26. The zero-order chi connectivity index (χ0) is 12.4. The van der Waals surface area contributed by atoms with Gasteiger partial charge in [-0.3, -0.25) is 16.3 Å². The van der Waals surface area contributed by atoms with Crippen LogP contribution in [-0.4, -0.2) is 18.2 Å². The molecule has 2 heterocycles. The Bertz CT molecular complexity index is 532. The van der Waals surface area contributed by atoms with Gasteiger partial charge in [-0.25, -0.2) is 0 Å². The summed E-state index contributed by atoms with van der Waals surface area (Å²) in [6, 6.07) is 8.37. The molecule has 1 saturated heterocycles. The number of ether oxygens (including phenoxy) is 1. The van der Waals surface area contributed by atoms with Gasteiger partial charge in [-0.1, -0.05) is 24.3 Å². The molecule has 3 rings (SSSR count). The Kier molecular flexibility index (Phi) is 3.23. The van der Waals surface area contributed by atoms with Crippen LogP contribution in [0.1, 0.15) is 18.0 Å². The van der Waals surface area contributed by atoms with Gasteiger partial charge >= 0.3 is 0 Å². The second-order valence-corrected chi connectivity index (χ2v) is 4.72. The van der Waals surface area contributed by atoms with Crippen LogP contribution >= 0.6 is 0 Å². The van der Waals surface area contributed by atoms with Crippen LogP contribution in [-0.2, 0) is 4.74 Å². The van der Waals surface area contributed by atoms with Gasteiger partial charge in [0.1, 0.15) is 0 Å². The van der Waals surface area contributed by atoms with Crippen molar-refractivity contribution in [2.24, 2.45) is 11.8 Å². The van der Waals surface area contributed by atoms with E-state index in [1.165, 1.54) is 5.39 Å². The van der Waals surface area contributed by atoms with E-state index in [9.17, 15) is 0 Å². The first kappa shape index (κ1) is 11.6. The summed E-state index contributed by atoms with van der Waals surface area (Å²) < 4.78 is 5.46. The van der Waals surface area contributed by atoms with E-state index in [1.807, 2.05) is 24.5 Å². The Balaban J connectivity index is 2.06. The van der Waals surface area contributed by atoms with Crippen molar-refractivity contribution < 1.29 is 4.74 Å². The number of hydrogen-bond donors (Lipinski definition) is 2. The average molecular weight is 243 g/mol. The van der Waals surface area contributed by atoms with E-state index < -0.39 is 0 Å². The fraction of sp³-hybridized carbons (Fsp3) is 0.357. The number of nitrogens with two attached hydrogens (primary N) is 1. The van der Waals surface area contributed by atoms with Crippen molar-refractivity contribution in [2.45, 2.75) is 12.5 Å². The number of nitrogens with one attached hydrogen (secondary N) is 1. The maximum absolute atomic E-state index is 5.74. The molecule has 4 nitrogen and oxygen atoms in total. The third-order valence-corrected chi connectivity index (χ3v) is 3.65. The molecule has 94 valence electrons. The van der Waals surface area contributed by atoms with Gasteiger partial charge in [-0.2, -0.15) is 0 Å². The van der Waals surface area contributed by atoms with E-state index in [4.69, 9.17) is 10.6 Å². The van der Waals surface area contributed by atoms with E-state index in [1.54, 1.807) is 0 Å². The van der Waals surface area contributed by atoms with Crippen molar-refractivity contribution in [3.63, 3.8) is 0 Å². The zero-order valence-electron chi connectivity index (χ0n) is 10.2. The molecule has 0 aliphatic carbocycles. The largest absolute Gasteiger partial charge is 0.381 e. The van der Waals surface area contributed by atoms with Crippen LogP contribution in [0.2, 0.25) is 0 Å². The van der Waals surface area contributed by atoms with E-state index in [-0.39, 0.29) is 6.04 Å². The number of nitrogens with zero attached hydrogens (tertiary/aromatic N) is 1. The molecule has 18 heavy (non-hydrogen) atoms. The van der Waals surface area contributed by atoms with Crippen molar-refractivity contribution in [1.82, 2.24) is 10.4 Å². The molecule has 1 aromatic carbocycles. The van der Waals surface area contributed by atoms with Crippen LogP contribution in [0.15, 0.2) is 36.7 Å². The second kappa shape index (κ2) is 5.02. The molecular formula is C14H17N3O. The summed E-state index contributed by atoms with van der Waals surface area (Å²) in [6.07, 6.45) is 4.83. The summed E-state index contributed by atoms with van der Waals surface area (Å²) in [4.78, 5) is 4.32. The molecule has 0 amide bonds. The summed E-state index contributed by atoms with van der Waals surface area (Å²) in [6.45, 7) is 1.58. The molecule has 3 N–H and O–H groups in total. The number of fused-ring (bicyclic) bond motifs is 1. The average Bonchev–Trinajstić information content (AvgIpc) is 2.94. The van der Waals surface area contributed by atoms with E-state index in [2.05, 4.69) is 22.5 Å². The Morgan fingerprint density at radius 1 is 1.33 bits per heavy atom. The normalized spacial score (nSPS) is 21.3.